The second kappa shape index (κ2) is 5.76. The lowest BCUT2D eigenvalue weighted by atomic mass is 9.84. The van der Waals surface area contributed by atoms with Crippen molar-refractivity contribution in [1.29, 1.82) is 0 Å². The highest BCUT2D eigenvalue weighted by atomic mass is 32.2. The van der Waals surface area contributed by atoms with Crippen LogP contribution in [0.15, 0.2) is 29.2 Å². The smallest absolute Gasteiger partial charge is 0.243 e. The Balaban J connectivity index is 2.24. The van der Waals surface area contributed by atoms with Gasteiger partial charge in [-0.25, -0.2) is 12.8 Å². The van der Waals surface area contributed by atoms with E-state index in [4.69, 9.17) is 0 Å². The molecule has 0 heterocycles. The van der Waals surface area contributed by atoms with Gasteiger partial charge in [-0.15, -0.1) is 0 Å². The van der Waals surface area contributed by atoms with Crippen LogP contribution in [0.3, 0.4) is 0 Å². The fraction of sp³-hybridized carbons (Fsp3) is 0.571. The Morgan fingerprint density at radius 2 is 1.60 bits per heavy atom. The molecule has 1 aliphatic carbocycles. The van der Waals surface area contributed by atoms with Crippen LogP contribution in [0.1, 0.15) is 43.6 Å². The lowest BCUT2D eigenvalue weighted by molar-refractivity contribution is 0.0620. The van der Waals surface area contributed by atoms with Crippen LogP contribution in [0.25, 0.3) is 0 Å². The molecule has 2 nitrogen and oxygen atoms in total. The molecule has 0 amide bonds. The van der Waals surface area contributed by atoms with E-state index in [9.17, 15) is 21.6 Å². The molecule has 0 unspecified atom stereocenters. The lowest BCUT2D eigenvalue weighted by Gasteiger charge is -2.22. The largest absolute Gasteiger partial charge is 0.377 e. The monoisotopic (exact) mass is 306 g/mol. The zero-order valence-corrected chi connectivity index (χ0v) is 11.8. The van der Waals surface area contributed by atoms with E-state index >= 15 is 0 Å². The Morgan fingerprint density at radius 1 is 1.05 bits per heavy atom. The number of hydrogen-bond acceptors (Lipinski definition) is 2. The summed E-state index contributed by atoms with van der Waals surface area (Å²) in [5, 5.41) is -4.36. The van der Waals surface area contributed by atoms with E-state index in [1.807, 2.05) is 0 Å². The average Bonchev–Trinajstić information content (AvgIpc) is 2.48. The third kappa shape index (κ3) is 2.85. The van der Waals surface area contributed by atoms with Gasteiger partial charge in [0.2, 0.25) is 9.84 Å². The van der Waals surface area contributed by atoms with Crippen molar-refractivity contribution >= 4 is 9.84 Å². The maximum atomic E-state index is 13.1. The van der Waals surface area contributed by atoms with Crippen LogP contribution in [0.5, 0.6) is 0 Å². The number of hydrogen-bond donors (Lipinski definition) is 0. The Labute approximate surface area is 116 Å². The number of sulfone groups is 1. The first-order valence-electron chi connectivity index (χ1n) is 6.67. The second-order valence-corrected chi connectivity index (χ2v) is 7.25. The van der Waals surface area contributed by atoms with Gasteiger partial charge in [-0.2, -0.15) is 8.78 Å². The third-order valence-corrected chi connectivity index (χ3v) is 5.60. The zero-order valence-electron chi connectivity index (χ0n) is 11.0. The SMILES string of the molecule is O=S(=O)(c1ccc(C2CCCCC2)cc1)C(F)(F)CF. The highest BCUT2D eigenvalue weighted by Gasteiger charge is 2.46. The molecular formula is C14H17F3O2S. The van der Waals surface area contributed by atoms with Crippen LogP contribution in [0, 0.1) is 0 Å². The summed E-state index contributed by atoms with van der Waals surface area (Å²) in [5.74, 6) is 0.363. The van der Waals surface area contributed by atoms with Gasteiger partial charge < -0.3 is 0 Å². The Bertz CT molecular complexity index is 546. The molecule has 0 radical (unpaired) electrons. The van der Waals surface area contributed by atoms with Crippen molar-refractivity contribution < 1.29 is 21.6 Å². The fourth-order valence-electron chi connectivity index (χ4n) is 2.60. The van der Waals surface area contributed by atoms with Gasteiger partial charge in [-0.1, -0.05) is 31.4 Å². The topological polar surface area (TPSA) is 34.1 Å². The van der Waals surface area contributed by atoms with Crippen LogP contribution >= 0.6 is 0 Å². The molecule has 1 aromatic carbocycles. The molecule has 1 saturated carbocycles. The summed E-state index contributed by atoms with van der Waals surface area (Å²) in [5.41, 5.74) is 0.965. The van der Waals surface area contributed by atoms with Crippen molar-refractivity contribution in [2.24, 2.45) is 0 Å². The van der Waals surface area contributed by atoms with Crippen molar-refractivity contribution in [1.82, 2.24) is 0 Å². The molecule has 0 aromatic heterocycles. The Hall–Kier alpha value is -1.04. The summed E-state index contributed by atoms with van der Waals surface area (Å²) in [7, 11) is -4.94. The van der Waals surface area contributed by atoms with E-state index < -0.39 is 26.7 Å². The summed E-state index contributed by atoms with van der Waals surface area (Å²) in [6.45, 7) is -2.21. The van der Waals surface area contributed by atoms with E-state index in [-0.39, 0.29) is 0 Å². The minimum atomic E-state index is -4.94. The third-order valence-electron chi connectivity index (χ3n) is 3.82. The van der Waals surface area contributed by atoms with E-state index in [1.165, 1.54) is 6.42 Å². The molecular weight excluding hydrogens is 289 g/mol. The average molecular weight is 306 g/mol. The second-order valence-electron chi connectivity index (χ2n) is 5.18. The summed E-state index contributed by atoms with van der Waals surface area (Å²) in [4.78, 5) is -0.528. The van der Waals surface area contributed by atoms with Crippen LogP contribution < -0.4 is 0 Å². The number of benzene rings is 1. The van der Waals surface area contributed by atoms with Gasteiger partial charge in [-0.3, -0.25) is 0 Å². The maximum Gasteiger partial charge on any atom is 0.377 e. The molecule has 0 spiro atoms. The first-order chi connectivity index (χ1) is 9.38. The van der Waals surface area contributed by atoms with Crippen LogP contribution in [-0.2, 0) is 9.84 Å². The number of halogens is 3. The Kier molecular flexibility index (Phi) is 4.42. The summed E-state index contributed by atoms with van der Waals surface area (Å²) in [6, 6.07) is 5.44. The molecule has 1 aliphatic rings. The van der Waals surface area contributed by atoms with Crippen molar-refractivity contribution in [2.45, 2.75) is 48.2 Å². The molecule has 0 N–H and O–H groups in total. The van der Waals surface area contributed by atoms with Crippen molar-refractivity contribution in [3.8, 4) is 0 Å². The summed E-state index contributed by atoms with van der Waals surface area (Å²) in [6.07, 6.45) is 5.53. The first kappa shape index (κ1) is 15.4. The molecule has 6 heteroatoms. The normalized spacial score (nSPS) is 18.1. The van der Waals surface area contributed by atoms with Gasteiger partial charge >= 0.3 is 5.25 Å². The molecule has 1 fully saturated rings. The van der Waals surface area contributed by atoms with Gasteiger partial charge in [0.25, 0.3) is 0 Å². The minimum Gasteiger partial charge on any atom is -0.243 e. The first-order valence-corrected chi connectivity index (χ1v) is 8.15. The molecule has 0 atom stereocenters. The molecule has 0 saturated heterocycles. The Morgan fingerprint density at radius 3 is 2.10 bits per heavy atom. The molecule has 1 aromatic rings. The van der Waals surface area contributed by atoms with E-state index in [0.29, 0.717) is 5.92 Å². The summed E-state index contributed by atoms with van der Waals surface area (Å²) < 4.78 is 61.6. The number of alkyl halides is 3. The molecule has 0 aliphatic heterocycles. The van der Waals surface area contributed by atoms with Gasteiger partial charge in [0.15, 0.2) is 6.67 Å². The van der Waals surface area contributed by atoms with Gasteiger partial charge in [0.05, 0.1) is 4.90 Å². The van der Waals surface area contributed by atoms with Crippen molar-refractivity contribution in [3.05, 3.63) is 29.8 Å². The van der Waals surface area contributed by atoms with Crippen LogP contribution in [0.2, 0.25) is 0 Å². The minimum absolute atomic E-state index is 0.363. The van der Waals surface area contributed by atoms with Crippen LogP contribution in [-0.4, -0.2) is 20.3 Å². The molecule has 2 rings (SSSR count). The lowest BCUT2D eigenvalue weighted by Crippen LogP contribution is -2.31. The van der Waals surface area contributed by atoms with E-state index in [0.717, 1.165) is 43.4 Å². The summed E-state index contributed by atoms with van der Waals surface area (Å²) >= 11 is 0. The van der Waals surface area contributed by atoms with E-state index in [1.54, 1.807) is 12.1 Å². The highest BCUT2D eigenvalue weighted by Crippen LogP contribution is 2.34. The molecule has 0 bridgehead atoms. The van der Waals surface area contributed by atoms with Gasteiger partial charge in [0, 0.05) is 0 Å². The quantitative estimate of drug-likeness (QED) is 0.840. The zero-order chi connectivity index (χ0) is 14.8. The highest BCUT2D eigenvalue weighted by molar-refractivity contribution is 7.92. The predicted molar refractivity (Wildman–Crippen MR) is 70.4 cm³/mol. The number of rotatable bonds is 4. The predicted octanol–water partition coefficient (Wildman–Crippen LogP) is 4.07. The fourth-order valence-corrected chi connectivity index (χ4v) is 3.58. The standard InChI is InChI=1S/C14H17F3O2S/c15-10-14(16,17)20(18,19)13-8-6-12(7-9-13)11-4-2-1-3-5-11/h6-9,11H,1-5,10H2. The molecule has 112 valence electrons. The van der Waals surface area contributed by atoms with Crippen molar-refractivity contribution in [3.63, 3.8) is 0 Å². The maximum absolute atomic E-state index is 13.1. The molecule has 20 heavy (non-hydrogen) atoms. The van der Waals surface area contributed by atoms with E-state index in [2.05, 4.69) is 0 Å². The van der Waals surface area contributed by atoms with Gasteiger partial charge in [0.1, 0.15) is 0 Å². The van der Waals surface area contributed by atoms with Gasteiger partial charge in [-0.05, 0) is 36.5 Å². The van der Waals surface area contributed by atoms with Crippen LogP contribution in [0.4, 0.5) is 13.2 Å². The van der Waals surface area contributed by atoms with Crippen molar-refractivity contribution in [2.75, 3.05) is 6.67 Å².